The molecule has 0 fully saturated rings. The number of hydrogen-bond donors (Lipinski definition) is 0. The van der Waals surface area contributed by atoms with Crippen LogP contribution in [-0.4, -0.2) is 9.91 Å². The summed E-state index contributed by atoms with van der Waals surface area (Å²) in [6, 6.07) is 0.871. The lowest BCUT2D eigenvalue weighted by Crippen LogP contribution is -2.02. The molecule has 82 valence electrons. The third-order valence-corrected chi connectivity index (χ3v) is 2.95. The Hall–Kier alpha value is -0.380. The summed E-state index contributed by atoms with van der Waals surface area (Å²) in [5.41, 5.74) is -0.672. The van der Waals surface area contributed by atoms with Crippen LogP contribution in [0.4, 0.5) is 14.5 Å². The van der Waals surface area contributed by atoms with Gasteiger partial charge in [0.25, 0.3) is 6.43 Å². The van der Waals surface area contributed by atoms with Crippen LogP contribution in [0.3, 0.4) is 0 Å². The molecule has 0 spiro atoms. The third-order valence-electron chi connectivity index (χ3n) is 1.63. The second-order valence-electron chi connectivity index (χ2n) is 2.53. The van der Waals surface area contributed by atoms with Crippen LogP contribution in [-0.2, 0) is 5.33 Å². The zero-order valence-electron chi connectivity index (χ0n) is 7.08. The Morgan fingerprint density at radius 3 is 2.67 bits per heavy atom. The Bertz CT molecular complexity index is 403. The maximum atomic E-state index is 12.5. The summed E-state index contributed by atoms with van der Waals surface area (Å²) in [5, 5.41) is 10.6. The Kier molecular flexibility index (Phi) is 4.32. The summed E-state index contributed by atoms with van der Waals surface area (Å²) in [5.74, 6) is 0. The topological polar surface area (TPSA) is 56.0 Å². The van der Waals surface area contributed by atoms with E-state index in [4.69, 9.17) is 0 Å². The van der Waals surface area contributed by atoms with Crippen molar-refractivity contribution in [1.29, 1.82) is 0 Å². The molecule has 0 amide bonds. The van der Waals surface area contributed by atoms with E-state index in [2.05, 4.69) is 20.9 Å². The largest absolute Gasteiger partial charge is 0.301 e. The quantitative estimate of drug-likeness (QED) is 0.260. The molecule has 0 radical (unpaired) electrons. The van der Waals surface area contributed by atoms with E-state index in [0.717, 1.165) is 6.07 Å². The van der Waals surface area contributed by atoms with Crippen LogP contribution >= 0.6 is 38.5 Å². The van der Waals surface area contributed by atoms with E-state index in [0.29, 0.717) is 0 Å². The van der Waals surface area contributed by atoms with Crippen molar-refractivity contribution in [3.05, 3.63) is 31.1 Å². The van der Waals surface area contributed by atoms with Crippen molar-refractivity contribution in [2.45, 2.75) is 11.8 Å². The number of pyridine rings is 1. The molecule has 8 heteroatoms. The van der Waals surface area contributed by atoms with Gasteiger partial charge in [0, 0.05) is 17.0 Å². The highest BCUT2D eigenvalue weighted by Crippen LogP contribution is 2.29. The van der Waals surface area contributed by atoms with Gasteiger partial charge < -0.3 is 0 Å². The van der Waals surface area contributed by atoms with Crippen molar-refractivity contribution in [1.82, 2.24) is 4.98 Å². The highest BCUT2D eigenvalue weighted by molar-refractivity contribution is 14.1. The van der Waals surface area contributed by atoms with E-state index >= 15 is 0 Å². The molecule has 0 saturated carbocycles. The minimum Gasteiger partial charge on any atom is -0.258 e. The van der Waals surface area contributed by atoms with Crippen molar-refractivity contribution in [3.8, 4) is 0 Å². The van der Waals surface area contributed by atoms with Crippen LogP contribution in [0.1, 0.15) is 17.7 Å². The van der Waals surface area contributed by atoms with Gasteiger partial charge in [0.2, 0.25) is 0 Å². The number of alkyl halides is 3. The van der Waals surface area contributed by atoms with Crippen LogP contribution in [0.2, 0.25) is 0 Å². The van der Waals surface area contributed by atoms with Crippen molar-refractivity contribution in [2.75, 3.05) is 0 Å². The number of halogens is 4. The van der Waals surface area contributed by atoms with E-state index in [1.165, 1.54) is 0 Å². The van der Waals surface area contributed by atoms with E-state index in [1.54, 1.807) is 22.6 Å². The molecular formula is C7H4BrF2IN2O2. The van der Waals surface area contributed by atoms with Gasteiger partial charge >= 0.3 is 5.69 Å². The number of nitro groups is 1. The molecule has 1 aromatic rings. The molecule has 1 heterocycles. The minimum absolute atomic E-state index is 0.108. The van der Waals surface area contributed by atoms with E-state index in [-0.39, 0.29) is 14.7 Å². The Morgan fingerprint density at radius 1 is 1.67 bits per heavy atom. The first kappa shape index (κ1) is 12.7. The molecule has 0 bridgehead atoms. The summed E-state index contributed by atoms with van der Waals surface area (Å²) in [6.07, 6.45) is -2.76. The normalized spacial score (nSPS) is 10.7. The van der Waals surface area contributed by atoms with Crippen molar-refractivity contribution in [2.24, 2.45) is 0 Å². The average Bonchev–Trinajstić information content (AvgIpc) is 2.16. The summed E-state index contributed by atoms with van der Waals surface area (Å²) < 4.78 is 25.1. The van der Waals surface area contributed by atoms with Gasteiger partial charge in [0.1, 0.15) is 0 Å². The monoisotopic (exact) mass is 392 g/mol. The predicted octanol–water partition coefficient (Wildman–Crippen LogP) is 3.43. The first-order chi connectivity index (χ1) is 6.97. The summed E-state index contributed by atoms with van der Waals surface area (Å²) in [7, 11) is 0. The van der Waals surface area contributed by atoms with Crippen molar-refractivity contribution >= 4 is 44.2 Å². The standard InChI is InChI=1S/C7H4BrF2IN2O2/c8-2-4-3(6(9)10)1-5(13(14)15)7(11)12-4/h1,6H,2H2. The first-order valence-electron chi connectivity index (χ1n) is 3.65. The molecule has 0 atom stereocenters. The van der Waals surface area contributed by atoms with Gasteiger partial charge in [-0.15, -0.1) is 0 Å². The third kappa shape index (κ3) is 2.80. The Morgan fingerprint density at radius 2 is 2.27 bits per heavy atom. The fourth-order valence-electron chi connectivity index (χ4n) is 0.954. The van der Waals surface area contributed by atoms with E-state index in [1.807, 2.05) is 0 Å². The molecule has 15 heavy (non-hydrogen) atoms. The summed E-state index contributed by atoms with van der Waals surface area (Å²) in [4.78, 5) is 13.5. The molecule has 0 unspecified atom stereocenters. The SMILES string of the molecule is O=[N+]([O-])c1cc(C(F)F)c(CBr)nc1I. The molecule has 0 aliphatic rings. The summed E-state index contributed by atoms with van der Waals surface area (Å²) in [6.45, 7) is 0. The molecule has 1 aromatic heterocycles. The predicted molar refractivity (Wildman–Crippen MR) is 61.2 cm³/mol. The number of hydrogen-bond acceptors (Lipinski definition) is 3. The molecule has 0 aromatic carbocycles. The lowest BCUT2D eigenvalue weighted by atomic mass is 10.2. The van der Waals surface area contributed by atoms with Crippen molar-refractivity contribution in [3.63, 3.8) is 0 Å². The highest BCUT2D eigenvalue weighted by Gasteiger charge is 2.22. The Balaban J connectivity index is 3.37. The van der Waals surface area contributed by atoms with Crippen LogP contribution in [0.25, 0.3) is 0 Å². The zero-order chi connectivity index (χ0) is 11.6. The number of nitrogens with zero attached hydrogens (tertiary/aromatic N) is 2. The fourth-order valence-corrected chi connectivity index (χ4v) is 2.05. The van der Waals surface area contributed by atoms with Crippen LogP contribution < -0.4 is 0 Å². The zero-order valence-corrected chi connectivity index (χ0v) is 10.8. The van der Waals surface area contributed by atoms with Gasteiger partial charge in [-0.05, 0) is 22.6 Å². The van der Waals surface area contributed by atoms with Crippen LogP contribution in [0.5, 0.6) is 0 Å². The molecule has 0 aliphatic heterocycles. The number of aromatic nitrogens is 1. The van der Waals surface area contributed by atoms with Gasteiger partial charge in [-0.2, -0.15) is 0 Å². The lowest BCUT2D eigenvalue weighted by molar-refractivity contribution is -0.386. The lowest BCUT2D eigenvalue weighted by Gasteiger charge is -2.06. The van der Waals surface area contributed by atoms with E-state index in [9.17, 15) is 18.9 Å². The van der Waals surface area contributed by atoms with Gasteiger partial charge in [-0.1, -0.05) is 15.9 Å². The highest BCUT2D eigenvalue weighted by atomic mass is 127. The Labute approximate surface area is 105 Å². The number of rotatable bonds is 3. The average molecular weight is 393 g/mol. The molecule has 0 aliphatic carbocycles. The smallest absolute Gasteiger partial charge is 0.258 e. The molecule has 0 N–H and O–H groups in total. The van der Waals surface area contributed by atoms with Gasteiger partial charge in [0.15, 0.2) is 3.70 Å². The molecule has 0 saturated heterocycles. The molecular weight excluding hydrogens is 389 g/mol. The van der Waals surface area contributed by atoms with Crippen LogP contribution in [0, 0.1) is 13.8 Å². The maximum absolute atomic E-state index is 12.5. The van der Waals surface area contributed by atoms with Crippen LogP contribution in [0.15, 0.2) is 6.07 Å². The van der Waals surface area contributed by atoms with E-state index < -0.39 is 22.6 Å². The molecule has 4 nitrogen and oxygen atoms in total. The van der Waals surface area contributed by atoms with Crippen molar-refractivity contribution < 1.29 is 13.7 Å². The summed E-state index contributed by atoms with van der Waals surface area (Å²) >= 11 is 4.65. The second-order valence-corrected chi connectivity index (χ2v) is 4.11. The maximum Gasteiger partial charge on any atom is 0.301 e. The van der Waals surface area contributed by atoms with Gasteiger partial charge in [-0.3, -0.25) is 10.1 Å². The first-order valence-corrected chi connectivity index (χ1v) is 5.85. The minimum atomic E-state index is -2.76. The van der Waals surface area contributed by atoms with Gasteiger partial charge in [0.05, 0.1) is 10.6 Å². The molecule has 1 rings (SSSR count). The second kappa shape index (κ2) is 5.10. The fraction of sp³-hybridized carbons (Fsp3) is 0.286. The van der Waals surface area contributed by atoms with Gasteiger partial charge in [-0.25, -0.2) is 13.8 Å².